The van der Waals surface area contributed by atoms with Crippen LogP contribution in [0.5, 0.6) is 0 Å². The van der Waals surface area contributed by atoms with E-state index in [1.807, 2.05) is 36.4 Å². The maximum atomic E-state index is 12.9. The molecule has 0 amide bonds. The Balaban J connectivity index is 2.56. The van der Waals surface area contributed by atoms with E-state index in [-0.39, 0.29) is 12.8 Å². The number of fused-ring (bicyclic) bond motifs is 1. The van der Waals surface area contributed by atoms with Crippen molar-refractivity contribution >= 4 is 28.7 Å². The molecule has 2 aromatic carbocycles. The number of hydrogen-bond donors (Lipinski definition) is 1. The van der Waals surface area contributed by atoms with E-state index in [4.69, 9.17) is 5.73 Å². The summed E-state index contributed by atoms with van der Waals surface area (Å²) in [7, 11) is -7.45. The molecule has 2 N–H and O–H groups in total. The second-order valence-electron chi connectivity index (χ2n) is 9.57. The zero-order chi connectivity index (χ0) is 25.2. The minimum Gasteiger partial charge on any atom is -0.315 e. The highest BCUT2D eigenvalue weighted by Crippen LogP contribution is 2.41. The molecule has 0 radical (unpaired) electrons. The molecule has 3 nitrogen and oxygen atoms in total. The molecule has 0 bridgehead atoms. The van der Waals surface area contributed by atoms with E-state index in [0.29, 0.717) is 22.2 Å². The van der Waals surface area contributed by atoms with Gasteiger partial charge in [-0.15, -0.1) is 5.54 Å². The molecule has 1 atom stereocenters. The Morgan fingerprint density at radius 2 is 1.42 bits per heavy atom. The molecular weight excluding hydrogens is 463 g/mol. The van der Waals surface area contributed by atoms with Crippen molar-refractivity contribution < 1.29 is 21.6 Å². The standard InChI is InChI=1S/C25H34F3NO2SSi/c1-17(2)33(18(3)4,19(5)6)14-13-23-16-21-10-8-7-9-20(21)15-22(23)11-12-24(29)32(30,31)25(26,27)28/h7-10,15-19,24H,11-12,29H2,1-6H3. The first-order valence-electron chi connectivity index (χ1n) is 11.2. The van der Waals surface area contributed by atoms with Gasteiger partial charge in [-0.2, -0.15) is 13.2 Å². The molecule has 0 aliphatic rings. The molecule has 2 aromatic rings. The third-order valence-corrected chi connectivity index (χ3v) is 14.6. The van der Waals surface area contributed by atoms with Crippen LogP contribution in [0.1, 0.15) is 59.1 Å². The Hall–Kier alpha value is -1.82. The van der Waals surface area contributed by atoms with Gasteiger partial charge >= 0.3 is 5.51 Å². The highest BCUT2D eigenvalue weighted by atomic mass is 32.2. The van der Waals surface area contributed by atoms with Gasteiger partial charge in [0.05, 0.1) is 0 Å². The number of aryl methyl sites for hydroxylation is 1. The SMILES string of the molecule is CC(C)[Si](C#Cc1cc2ccccc2cc1CCC(N)S(=O)(=O)C(F)(F)F)(C(C)C)C(C)C. The first-order chi connectivity index (χ1) is 15.1. The molecule has 0 aliphatic carbocycles. The van der Waals surface area contributed by atoms with E-state index < -0.39 is 28.8 Å². The summed E-state index contributed by atoms with van der Waals surface area (Å²) in [5, 5.41) is -0.116. The van der Waals surface area contributed by atoms with Gasteiger partial charge in [-0.05, 0) is 57.9 Å². The zero-order valence-corrected chi connectivity index (χ0v) is 21.9. The van der Waals surface area contributed by atoms with Crippen LogP contribution in [-0.2, 0) is 16.3 Å². The summed E-state index contributed by atoms with van der Waals surface area (Å²) < 4.78 is 62.0. The molecule has 0 saturated heterocycles. The summed E-state index contributed by atoms with van der Waals surface area (Å²) >= 11 is 0. The molecule has 1 unspecified atom stereocenters. The van der Waals surface area contributed by atoms with Gasteiger partial charge in [-0.1, -0.05) is 71.7 Å². The van der Waals surface area contributed by atoms with Crippen molar-refractivity contribution in [2.75, 3.05) is 0 Å². The summed E-state index contributed by atoms with van der Waals surface area (Å²) in [5.41, 5.74) is 6.49. The Labute approximate surface area is 196 Å². The van der Waals surface area contributed by atoms with Crippen LogP contribution in [0.15, 0.2) is 36.4 Å². The summed E-state index contributed by atoms with van der Waals surface area (Å²) in [6.07, 6.45) is -0.249. The summed E-state index contributed by atoms with van der Waals surface area (Å²) in [6.45, 7) is 13.3. The largest absolute Gasteiger partial charge is 0.498 e. The zero-order valence-electron chi connectivity index (χ0n) is 20.1. The number of nitrogens with two attached hydrogens (primary N) is 1. The maximum absolute atomic E-state index is 12.9. The number of rotatable bonds is 7. The van der Waals surface area contributed by atoms with Crippen LogP contribution in [-0.4, -0.2) is 27.4 Å². The predicted octanol–water partition coefficient (Wildman–Crippen LogP) is 6.56. The normalized spacial score (nSPS) is 14.1. The lowest BCUT2D eigenvalue weighted by atomic mass is 9.98. The van der Waals surface area contributed by atoms with Crippen LogP contribution in [0.25, 0.3) is 10.8 Å². The third-order valence-electron chi connectivity index (χ3n) is 6.67. The average Bonchev–Trinajstić information content (AvgIpc) is 2.70. The fourth-order valence-corrected chi connectivity index (χ4v) is 10.8. The van der Waals surface area contributed by atoms with Crippen LogP contribution in [0.4, 0.5) is 13.2 Å². The Morgan fingerprint density at radius 1 is 0.939 bits per heavy atom. The molecule has 2 rings (SSSR count). The van der Waals surface area contributed by atoms with Gasteiger partial charge in [0.1, 0.15) is 13.4 Å². The van der Waals surface area contributed by atoms with E-state index in [1.54, 1.807) is 0 Å². The second kappa shape index (κ2) is 10.2. The number of hydrogen-bond acceptors (Lipinski definition) is 3. The smallest absolute Gasteiger partial charge is 0.315 e. The van der Waals surface area contributed by atoms with Crippen LogP contribution in [0.3, 0.4) is 0 Å². The quantitative estimate of drug-likeness (QED) is 0.348. The number of alkyl halides is 3. The first kappa shape index (κ1) is 27.4. The number of sulfone groups is 1. The van der Waals surface area contributed by atoms with Gasteiger partial charge in [-0.3, -0.25) is 0 Å². The van der Waals surface area contributed by atoms with Gasteiger partial charge in [0.25, 0.3) is 9.84 Å². The Morgan fingerprint density at radius 3 is 1.88 bits per heavy atom. The minimum atomic E-state index is -5.42. The van der Waals surface area contributed by atoms with Crippen LogP contribution in [0, 0.1) is 11.5 Å². The van der Waals surface area contributed by atoms with Crippen molar-refractivity contribution in [2.45, 2.75) is 81.9 Å². The molecule has 0 heterocycles. The topological polar surface area (TPSA) is 60.2 Å². The van der Waals surface area contributed by atoms with Gasteiger partial charge in [0.2, 0.25) is 0 Å². The summed E-state index contributed by atoms with van der Waals surface area (Å²) in [6, 6.07) is 11.5. The Kier molecular flexibility index (Phi) is 8.48. The molecule has 0 aromatic heterocycles. The van der Waals surface area contributed by atoms with Gasteiger partial charge in [0, 0.05) is 5.56 Å². The van der Waals surface area contributed by atoms with Crippen molar-refractivity contribution in [1.29, 1.82) is 0 Å². The molecule has 0 spiro atoms. The maximum Gasteiger partial charge on any atom is 0.498 e. The first-order valence-corrected chi connectivity index (χ1v) is 15.0. The molecule has 0 aliphatic heterocycles. The van der Waals surface area contributed by atoms with Gasteiger partial charge < -0.3 is 5.73 Å². The number of benzene rings is 2. The van der Waals surface area contributed by atoms with Gasteiger partial charge in [0.15, 0.2) is 0 Å². The minimum absolute atomic E-state index is 0.0882. The van der Waals surface area contributed by atoms with E-state index in [0.717, 1.165) is 16.3 Å². The molecule has 33 heavy (non-hydrogen) atoms. The highest BCUT2D eigenvalue weighted by molar-refractivity contribution is 7.92. The lowest BCUT2D eigenvalue weighted by Crippen LogP contribution is -2.43. The fraction of sp³-hybridized carbons (Fsp3) is 0.520. The van der Waals surface area contributed by atoms with Crippen molar-refractivity contribution in [3.8, 4) is 11.5 Å². The lowest BCUT2D eigenvalue weighted by Gasteiger charge is -2.38. The highest BCUT2D eigenvalue weighted by Gasteiger charge is 2.49. The van der Waals surface area contributed by atoms with Crippen LogP contribution in [0.2, 0.25) is 16.6 Å². The van der Waals surface area contributed by atoms with E-state index in [1.165, 1.54) is 0 Å². The van der Waals surface area contributed by atoms with Crippen molar-refractivity contribution in [3.05, 3.63) is 47.5 Å². The average molecular weight is 498 g/mol. The monoisotopic (exact) mass is 497 g/mol. The molecule has 0 saturated carbocycles. The molecular formula is C25H34F3NO2SSi. The lowest BCUT2D eigenvalue weighted by molar-refractivity contribution is -0.0445. The van der Waals surface area contributed by atoms with Gasteiger partial charge in [-0.25, -0.2) is 8.42 Å². The van der Waals surface area contributed by atoms with Crippen molar-refractivity contribution in [2.24, 2.45) is 5.73 Å². The summed E-state index contributed by atoms with van der Waals surface area (Å²) in [5.74, 6) is 3.38. The second-order valence-corrected chi connectivity index (χ2v) is 17.3. The molecule has 182 valence electrons. The van der Waals surface area contributed by atoms with Crippen molar-refractivity contribution in [3.63, 3.8) is 0 Å². The molecule has 8 heteroatoms. The van der Waals surface area contributed by atoms with Crippen LogP contribution >= 0.6 is 0 Å². The van der Waals surface area contributed by atoms with E-state index >= 15 is 0 Å². The molecule has 0 fully saturated rings. The number of halogens is 3. The summed E-state index contributed by atoms with van der Waals surface area (Å²) in [4.78, 5) is 0. The third kappa shape index (κ3) is 5.64. The van der Waals surface area contributed by atoms with E-state index in [2.05, 4.69) is 53.0 Å². The van der Waals surface area contributed by atoms with E-state index in [9.17, 15) is 21.6 Å². The predicted molar refractivity (Wildman–Crippen MR) is 133 cm³/mol. The Bertz CT molecular complexity index is 1120. The van der Waals surface area contributed by atoms with Crippen LogP contribution < -0.4 is 5.73 Å². The fourth-order valence-electron chi connectivity index (χ4n) is 4.84. The van der Waals surface area contributed by atoms with Crippen molar-refractivity contribution in [1.82, 2.24) is 0 Å².